The van der Waals surface area contributed by atoms with E-state index in [9.17, 15) is 4.79 Å². The van der Waals surface area contributed by atoms with E-state index in [4.69, 9.17) is 9.47 Å². The maximum absolute atomic E-state index is 12.2. The lowest BCUT2D eigenvalue weighted by Gasteiger charge is -2.22. The van der Waals surface area contributed by atoms with Gasteiger partial charge in [-0.15, -0.1) is 0 Å². The number of ether oxygens (including phenoxy) is 2. The van der Waals surface area contributed by atoms with E-state index in [1.165, 1.54) is 25.7 Å². The molecule has 2 aliphatic rings. The Bertz CT molecular complexity index is 570. The van der Waals surface area contributed by atoms with Gasteiger partial charge in [-0.25, -0.2) is 0 Å². The maximum Gasteiger partial charge on any atom is 0.220 e. The zero-order valence-electron chi connectivity index (χ0n) is 13.6. The van der Waals surface area contributed by atoms with E-state index in [-0.39, 0.29) is 11.9 Å². The van der Waals surface area contributed by atoms with E-state index in [0.29, 0.717) is 19.6 Å². The zero-order chi connectivity index (χ0) is 16.2. The fourth-order valence-electron chi connectivity index (χ4n) is 3.44. The summed E-state index contributed by atoms with van der Waals surface area (Å²) >= 11 is 3.57. The molecular formula is C18H24BrNO3. The number of carbonyl (C=O) groups is 1. The predicted molar refractivity (Wildman–Crippen MR) is 92.9 cm³/mol. The van der Waals surface area contributed by atoms with Crippen LogP contribution in [0.5, 0.6) is 11.5 Å². The van der Waals surface area contributed by atoms with E-state index in [1.807, 2.05) is 19.1 Å². The van der Waals surface area contributed by atoms with Crippen LogP contribution in [0.1, 0.15) is 57.1 Å². The molecule has 126 valence electrons. The van der Waals surface area contributed by atoms with Gasteiger partial charge in [0, 0.05) is 10.9 Å². The van der Waals surface area contributed by atoms with Crippen LogP contribution in [-0.4, -0.2) is 19.1 Å². The van der Waals surface area contributed by atoms with E-state index < -0.39 is 0 Å². The highest BCUT2D eigenvalue weighted by molar-refractivity contribution is 9.10. The van der Waals surface area contributed by atoms with Crippen LogP contribution < -0.4 is 14.8 Å². The number of carbonyl (C=O) groups excluding carboxylic acids is 1. The van der Waals surface area contributed by atoms with Crippen LogP contribution in [0.3, 0.4) is 0 Å². The number of nitrogens with one attached hydrogen (secondary N) is 1. The molecule has 1 atom stereocenters. The summed E-state index contributed by atoms with van der Waals surface area (Å²) < 4.78 is 12.1. The number of hydrogen-bond acceptors (Lipinski definition) is 3. The molecule has 0 saturated heterocycles. The van der Waals surface area contributed by atoms with Crippen molar-refractivity contribution in [3.63, 3.8) is 0 Å². The molecule has 3 rings (SSSR count). The Morgan fingerprint density at radius 2 is 1.91 bits per heavy atom. The molecule has 1 aromatic rings. The van der Waals surface area contributed by atoms with Gasteiger partial charge in [0.1, 0.15) is 13.2 Å². The van der Waals surface area contributed by atoms with Crippen LogP contribution >= 0.6 is 15.9 Å². The standard InChI is InChI=1S/C18H24BrNO3/c1-12(20-18(21)7-6-13-4-2-3-5-13)14-10-16-17(11-15(14)19)23-9-8-22-16/h10-13H,2-9H2,1H3,(H,20,21). The Labute approximate surface area is 146 Å². The fraction of sp³-hybridized carbons (Fsp3) is 0.611. The first-order valence-electron chi connectivity index (χ1n) is 8.52. The molecule has 1 amide bonds. The smallest absolute Gasteiger partial charge is 0.220 e. The van der Waals surface area contributed by atoms with Gasteiger partial charge in [-0.05, 0) is 37.0 Å². The van der Waals surface area contributed by atoms with Gasteiger partial charge in [0.2, 0.25) is 5.91 Å². The monoisotopic (exact) mass is 381 g/mol. The maximum atomic E-state index is 12.2. The minimum atomic E-state index is -0.0590. The van der Waals surface area contributed by atoms with Crippen LogP contribution in [-0.2, 0) is 4.79 Å². The SMILES string of the molecule is CC(NC(=O)CCC1CCCC1)c1cc2c(cc1Br)OCCO2. The summed E-state index contributed by atoms with van der Waals surface area (Å²) in [7, 11) is 0. The first-order valence-corrected chi connectivity index (χ1v) is 9.31. The zero-order valence-corrected chi connectivity index (χ0v) is 15.2. The number of rotatable bonds is 5. The molecule has 1 aliphatic carbocycles. The summed E-state index contributed by atoms with van der Waals surface area (Å²) in [5.74, 6) is 2.39. The quantitative estimate of drug-likeness (QED) is 0.823. The molecule has 1 fully saturated rings. The van der Waals surface area contributed by atoms with Crippen LogP contribution in [0.4, 0.5) is 0 Å². The van der Waals surface area contributed by atoms with E-state index in [2.05, 4.69) is 21.2 Å². The number of halogens is 1. The Balaban J connectivity index is 1.58. The van der Waals surface area contributed by atoms with Gasteiger partial charge >= 0.3 is 0 Å². The summed E-state index contributed by atoms with van der Waals surface area (Å²) in [6.07, 6.45) is 6.87. The molecule has 1 saturated carbocycles. The van der Waals surface area contributed by atoms with Crippen molar-refractivity contribution in [1.82, 2.24) is 5.32 Å². The number of benzene rings is 1. The molecular weight excluding hydrogens is 358 g/mol. The van der Waals surface area contributed by atoms with Crippen molar-refractivity contribution in [2.24, 2.45) is 5.92 Å². The van der Waals surface area contributed by atoms with Gasteiger partial charge in [0.05, 0.1) is 6.04 Å². The normalized spacial score (nSPS) is 18.7. The van der Waals surface area contributed by atoms with Crippen LogP contribution in [0.2, 0.25) is 0 Å². The summed E-state index contributed by atoms with van der Waals surface area (Å²) in [5.41, 5.74) is 1.02. The molecule has 1 aromatic carbocycles. The van der Waals surface area contributed by atoms with Crippen LogP contribution in [0, 0.1) is 5.92 Å². The summed E-state index contributed by atoms with van der Waals surface area (Å²) in [4.78, 5) is 12.2. The van der Waals surface area contributed by atoms with Crippen molar-refractivity contribution in [2.45, 2.75) is 51.5 Å². The number of hydrogen-bond donors (Lipinski definition) is 1. The molecule has 0 bridgehead atoms. The highest BCUT2D eigenvalue weighted by atomic mass is 79.9. The molecule has 0 radical (unpaired) electrons. The Hall–Kier alpha value is -1.23. The van der Waals surface area contributed by atoms with Crippen molar-refractivity contribution in [1.29, 1.82) is 0 Å². The second-order valence-corrected chi connectivity index (χ2v) is 7.35. The lowest BCUT2D eigenvalue weighted by Crippen LogP contribution is -2.27. The highest BCUT2D eigenvalue weighted by Gasteiger charge is 2.20. The third-order valence-electron chi connectivity index (χ3n) is 4.76. The molecule has 1 heterocycles. The lowest BCUT2D eigenvalue weighted by molar-refractivity contribution is -0.122. The molecule has 1 aliphatic heterocycles. The van der Waals surface area contributed by atoms with Crippen molar-refractivity contribution >= 4 is 21.8 Å². The van der Waals surface area contributed by atoms with Crippen molar-refractivity contribution in [3.05, 3.63) is 22.2 Å². The first kappa shape index (κ1) is 16.6. The number of amides is 1. The molecule has 1 N–H and O–H groups in total. The van der Waals surface area contributed by atoms with E-state index in [0.717, 1.165) is 33.9 Å². The molecule has 1 unspecified atom stereocenters. The first-order chi connectivity index (χ1) is 11.1. The van der Waals surface area contributed by atoms with Gasteiger partial charge in [-0.2, -0.15) is 0 Å². The average molecular weight is 382 g/mol. The van der Waals surface area contributed by atoms with Crippen LogP contribution in [0.25, 0.3) is 0 Å². The summed E-state index contributed by atoms with van der Waals surface area (Å²) in [6.45, 7) is 3.14. The fourth-order valence-corrected chi connectivity index (χ4v) is 4.10. The minimum absolute atomic E-state index is 0.0590. The number of fused-ring (bicyclic) bond motifs is 1. The van der Waals surface area contributed by atoms with Crippen molar-refractivity contribution in [3.8, 4) is 11.5 Å². The predicted octanol–water partition coefficient (Wildman–Crippen LogP) is 4.37. The van der Waals surface area contributed by atoms with Gasteiger partial charge in [-0.3, -0.25) is 4.79 Å². The molecule has 4 nitrogen and oxygen atoms in total. The third-order valence-corrected chi connectivity index (χ3v) is 5.45. The minimum Gasteiger partial charge on any atom is -0.486 e. The van der Waals surface area contributed by atoms with E-state index >= 15 is 0 Å². The Morgan fingerprint density at radius 3 is 2.61 bits per heavy atom. The average Bonchev–Trinajstić information content (AvgIpc) is 3.05. The molecule has 5 heteroatoms. The second-order valence-electron chi connectivity index (χ2n) is 6.50. The summed E-state index contributed by atoms with van der Waals surface area (Å²) in [6, 6.07) is 3.82. The third kappa shape index (κ3) is 4.19. The Morgan fingerprint density at radius 1 is 1.26 bits per heavy atom. The van der Waals surface area contributed by atoms with Gasteiger partial charge < -0.3 is 14.8 Å². The largest absolute Gasteiger partial charge is 0.486 e. The summed E-state index contributed by atoms with van der Waals surface area (Å²) in [5, 5.41) is 3.10. The topological polar surface area (TPSA) is 47.6 Å². The second kappa shape index (κ2) is 7.56. The highest BCUT2D eigenvalue weighted by Crippen LogP contribution is 2.37. The van der Waals surface area contributed by atoms with E-state index in [1.54, 1.807) is 0 Å². The Kier molecular flexibility index (Phi) is 5.46. The van der Waals surface area contributed by atoms with Gasteiger partial charge in [0.25, 0.3) is 0 Å². The van der Waals surface area contributed by atoms with Gasteiger partial charge in [0.15, 0.2) is 11.5 Å². The molecule has 0 spiro atoms. The molecule has 23 heavy (non-hydrogen) atoms. The molecule has 0 aromatic heterocycles. The lowest BCUT2D eigenvalue weighted by atomic mass is 10.0. The van der Waals surface area contributed by atoms with Gasteiger partial charge in [-0.1, -0.05) is 41.6 Å². The van der Waals surface area contributed by atoms with Crippen molar-refractivity contribution in [2.75, 3.05) is 13.2 Å². The van der Waals surface area contributed by atoms with Crippen molar-refractivity contribution < 1.29 is 14.3 Å². The van der Waals surface area contributed by atoms with Crippen LogP contribution in [0.15, 0.2) is 16.6 Å².